The molecule has 0 fully saturated rings. The maximum atomic E-state index is 13.8. The lowest BCUT2D eigenvalue weighted by Gasteiger charge is -2.11. The van der Waals surface area contributed by atoms with Gasteiger partial charge in [0.1, 0.15) is 17.3 Å². The highest BCUT2D eigenvalue weighted by atomic mass is 19.3. The molecule has 0 aliphatic carbocycles. The van der Waals surface area contributed by atoms with Crippen molar-refractivity contribution in [1.29, 1.82) is 0 Å². The van der Waals surface area contributed by atoms with Gasteiger partial charge in [0.05, 0.1) is 19.2 Å². The minimum absolute atomic E-state index is 0.00509. The van der Waals surface area contributed by atoms with Gasteiger partial charge in [0.25, 0.3) is 0 Å². The zero-order valence-electron chi connectivity index (χ0n) is 12.8. The number of anilines is 1. The summed E-state index contributed by atoms with van der Waals surface area (Å²) in [6.45, 7) is -3.31. The maximum absolute atomic E-state index is 13.8. The number of ether oxygens (including phenoxy) is 2. The van der Waals surface area contributed by atoms with Crippen molar-refractivity contribution >= 4 is 11.6 Å². The highest BCUT2D eigenvalue weighted by Gasteiger charge is 2.13. The van der Waals surface area contributed by atoms with E-state index >= 15 is 0 Å². The Hall–Kier alpha value is -2.90. The molecular weight excluding hydrogens is 323 g/mol. The van der Waals surface area contributed by atoms with Gasteiger partial charge in [0.15, 0.2) is 5.96 Å². The fourth-order valence-electron chi connectivity index (χ4n) is 1.95. The van der Waals surface area contributed by atoms with E-state index in [1.54, 1.807) is 24.3 Å². The summed E-state index contributed by atoms with van der Waals surface area (Å²) in [7, 11) is 1.53. The second-order valence-corrected chi connectivity index (χ2v) is 4.65. The zero-order chi connectivity index (χ0) is 17.5. The summed E-state index contributed by atoms with van der Waals surface area (Å²) in [5, 5.41) is 2.80. The quantitative estimate of drug-likeness (QED) is 0.625. The van der Waals surface area contributed by atoms with Crippen molar-refractivity contribution in [1.82, 2.24) is 0 Å². The third-order valence-electron chi connectivity index (χ3n) is 3.04. The number of guanidine groups is 1. The van der Waals surface area contributed by atoms with Crippen LogP contribution in [0.2, 0.25) is 0 Å². The van der Waals surface area contributed by atoms with Crippen LogP contribution in [0.15, 0.2) is 47.5 Å². The topological polar surface area (TPSA) is 68.9 Å². The molecule has 8 heteroatoms. The van der Waals surface area contributed by atoms with Gasteiger partial charge in [-0.3, -0.25) is 0 Å². The smallest absolute Gasteiger partial charge is 0.387 e. The molecule has 0 heterocycles. The molecular formula is C16H16F3N3O2. The second kappa shape index (κ2) is 8.09. The van der Waals surface area contributed by atoms with Crippen LogP contribution in [0.1, 0.15) is 5.56 Å². The molecule has 2 aromatic rings. The number of methoxy groups -OCH3 is 1. The molecule has 0 aliphatic rings. The summed E-state index contributed by atoms with van der Waals surface area (Å²) in [6, 6.07) is 10.6. The van der Waals surface area contributed by atoms with Crippen molar-refractivity contribution in [2.45, 2.75) is 13.2 Å². The van der Waals surface area contributed by atoms with Crippen molar-refractivity contribution in [2.24, 2.45) is 10.7 Å². The summed E-state index contributed by atoms with van der Waals surface area (Å²) in [6.07, 6.45) is 0. The number of aliphatic imine (C=N–C) groups is 1. The number of rotatable bonds is 6. The van der Waals surface area contributed by atoms with Gasteiger partial charge < -0.3 is 20.5 Å². The van der Waals surface area contributed by atoms with Gasteiger partial charge in [-0.2, -0.15) is 8.78 Å². The van der Waals surface area contributed by atoms with E-state index in [-0.39, 0.29) is 23.8 Å². The minimum atomic E-state index is -3.05. The fraction of sp³-hybridized carbons (Fsp3) is 0.188. The van der Waals surface area contributed by atoms with Gasteiger partial charge in [-0.15, -0.1) is 0 Å². The molecule has 0 saturated carbocycles. The van der Waals surface area contributed by atoms with E-state index < -0.39 is 12.4 Å². The largest absolute Gasteiger partial charge is 0.497 e. The molecule has 0 unspecified atom stereocenters. The second-order valence-electron chi connectivity index (χ2n) is 4.65. The number of benzene rings is 2. The van der Waals surface area contributed by atoms with Crippen LogP contribution in [0.4, 0.5) is 18.9 Å². The fourth-order valence-corrected chi connectivity index (χ4v) is 1.95. The number of nitrogens with one attached hydrogen (secondary N) is 1. The predicted molar refractivity (Wildman–Crippen MR) is 85.0 cm³/mol. The highest BCUT2D eigenvalue weighted by molar-refractivity contribution is 5.92. The summed E-state index contributed by atoms with van der Waals surface area (Å²) < 4.78 is 47.9. The van der Waals surface area contributed by atoms with E-state index in [1.165, 1.54) is 19.2 Å². The van der Waals surface area contributed by atoms with Crippen molar-refractivity contribution in [3.8, 4) is 11.5 Å². The Morgan fingerprint density at radius 3 is 2.71 bits per heavy atom. The van der Waals surface area contributed by atoms with Gasteiger partial charge in [-0.05, 0) is 24.3 Å². The summed E-state index contributed by atoms with van der Waals surface area (Å²) in [4.78, 5) is 3.95. The standard InChI is InChI=1S/C16H16F3N3O2/c1-23-11-5-2-4-10(8-11)22-16(20)21-9-12-13(17)6-3-7-14(12)24-15(18)19/h2-8,15H,9H2,1H3,(H3,20,21,22). The lowest BCUT2D eigenvalue weighted by Crippen LogP contribution is -2.22. The molecule has 0 bridgehead atoms. The van der Waals surface area contributed by atoms with Gasteiger partial charge in [0.2, 0.25) is 0 Å². The van der Waals surface area contributed by atoms with Gasteiger partial charge in [0, 0.05) is 11.8 Å². The molecule has 3 N–H and O–H groups in total. The molecule has 0 aliphatic heterocycles. The van der Waals surface area contributed by atoms with Gasteiger partial charge in [-0.25, -0.2) is 9.38 Å². The van der Waals surface area contributed by atoms with E-state index in [2.05, 4.69) is 15.0 Å². The number of alkyl halides is 2. The molecule has 0 saturated heterocycles. The number of hydrogen-bond donors (Lipinski definition) is 2. The van der Waals surface area contributed by atoms with E-state index in [4.69, 9.17) is 10.5 Å². The van der Waals surface area contributed by atoms with Crippen LogP contribution < -0.4 is 20.5 Å². The monoisotopic (exact) mass is 339 g/mol. The third kappa shape index (κ3) is 4.80. The number of nitrogens with zero attached hydrogens (tertiary/aromatic N) is 1. The molecule has 0 amide bonds. The van der Waals surface area contributed by atoms with Gasteiger partial charge >= 0.3 is 6.61 Å². The van der Waals surface area contributed by atoms with Crippen LogP contribution in [0.5, 0.6) is 11.5 Å². The summed E-state index contributed by atoms with van der Waals surface area (Å²) >= 11 is 0. The first-order valence-corrected chi connectivity index (χ1v) is 6.93. The molecule has 2 aromatic carbocycles. The van der Waals surface area contributed by atoms with Crippen molar-refractivity contribution < 1.29 is 22.6 Å². The van der Waals surface area contributed by atoms with E-state index in [1.807, 2.05) is 0 Å². The number of hydrogen-bond acceptors (Lipinski definition) is 3. The Labute approximate surface area is 136 Å². The average Bonchev–Trinajstić information content (AvgIpc) is 2.54. The third-order valence-corrected chi connectivity index (χ3v) is 3.04. The van der Waals surface area contributed by atoms with Crippen LogP contribution in [0.3, 0.4) is 0 Å². The van der Waals surface area contributed by atoms with E-state index in [0.717, 1.165) is 6.07 Å². The first-order valence-electron chi connectivity index (χ1n) is 6.93. The Kier molecular flexibility index (Phi) is 5.89. The lowest BCUT2D eigenvalue weighted by molar-refractivity contribution is -0.0506. The van der Waals surface area contributed by atoms with Crippen LogP contribution in [0, 0.1) is 5.82 Å². The number of nitrogens with two attached hydrogens (primary N) is 1. The van der Waals surface area contributed by atoms with Crippen molar-refractivity contribution in [3.63, 3.8) is 0 Å². The normalized spacial score (nSPS) is 11.5. The molecule has 0 aromatic heterocycles. The van der Waals surface area contributed by atoms with E-state index in [9.17, 15) is 13.2 Å². The van der Waals surface area contributed by atoms with Crippen molar-refractivity contribution in [2.75, 3.05) is 12.4 Å². The van der Waals surface area contributed by atoms with Gasteiger partial charge in [-0.1, -0.05) is 12.1 Å². The predicted octanol–water partition coefficient (Wildman–Crippen LogP) is 3.36. The van der Waals surface area contributed by atoms with E-state index in [0.29, 0.717) is 11.4 Å². The Bertz CT molecular complexity index is 723. The molecule has 0 spiro atoms. The van der Waals surface area contributed by atoms with Crippen LogP contribution in [-0.2, 0) is 6.54 Å². The highest BCUT2D eigenvalue weighted by Crippen LogP contribution is 2.24. The van der Waals surface area contributed by atoms with Crippen LogP contribution >= 0.6 is 0 Å². The summed E-state index contributed by atoms with van der Waals surface area (Å²) in [5.74, 6) is -0.363. The zero-order valence-corrected chi connectivity index (χ0v) is 12.8. The average molecular weight is 339 g/mol. The first-order chi connectivity index (χ1) is 11.5. The number of halogens is 3. The van der Waals surface area contributed by atoms with Crippen LogP contribution in [0.25, 0.3) is 0 Å². The molecule has 5 nitrogen and oxygen atoms in total. The molecule has 0 atom stereocenters. The Balaban J connectivity index is 2.12. The van der Waals surface area contributed by atoms with Crippen LogP contribution in [-0.4, -0.2) is 19.7 Å². The van der Waals surface area contributed by atoms with Crippen molar-refractivity contribution in [3.05, 3.63) is 53.8 Å². The minimum Gasteiger partial charge on any atom is -0.497 e. The first kappa shape index (κ1) is 17.5. The summed E-state index contributed by atoms with van der Waals surface area (Å²) in [5.41, 5.74) is 6.25. The SMILES string of the molecule is COc1cccc(NC(N)=NCc2c(F)cccc2OC(F)F)c1. The molecule has 2 rings (SSSR count). The molecule has 24 heavy (non-hydrogen) atoms. The molecule has 128 valence electrons. The Morgan fingerprint density at radius 2 is 2.00 bits per heavy atom. The molecule has 0 radical (unpaired) electrons. The lowest BCUT2D eigenvalue weighted by atomic mass is 10.2. The maximum Gasteiger partial charge on any atom is 0.387 e. The Morgan fingerprint density at radius 1 is 1.25 bits per heavy atom.